The molecule has 27 heavy (non-hydrogen) atoms. The molecule has 4 heteroatoms. The van der Waals surface area contributed by atoms with Crippen LogP contribution in [0.3, 0.4) is 0 Å². The molecule has 0 saturated carbocycles. The van der Waals surface area contributed by atoms with Crippen molar-refractivity contribution in [2.45, 2.75) is 44.6 Å². The minimum absolute atomic E-state index is 0.0677. The van der Waals surface area contributed by atoms with Crippen LogP contribution in [0, 0.1) is 6.92 Å². The lowest BCUT2D eigenvalue weighted by Crippen LogP contribution is -2.23. The van der Waals surface area contributed by atoms with Crippen LogP contribution in [0.1, 0.15) is 38.3 Å². The lowest BCUT2D eigenvalue weighted by molar-refractivity contribution is -0.153. The number of hydrogen-bond acceptors (Lipinski definition) is 3. The van der Waals surface area contributed by atoms with Crippen LogP contribution < -0.4 is 0 Å². The topological polar surface area (TPSA) is 43.4 Å². The minimum atomic E-state index is -1.34. The van der Waals surface area contributed by atoms with Gasteiger partial charge in [0.05, 0.1) is 17.2 Å². The highest BCUT2D eigenvalue weighted by Gasteiger charge is 2.17. The van der Waals surface area contributed by atoms with Gasteiger partial charge in [0.25, 0.3) is 0 Å². The first-order valence-corrected chi connectivity index (χ1v) is 10.1. The molecule has 0 aliphatic carbocycles. The first kappa shape index (κ1) is 20.8. The van der Waals surface area contributed by atoms with Gasteiger partial charge in [0.15, 0.2) is 0 Å². The predicted molar refractivity (Wildman–Crippen MR) is 112 cm³/mol. The molecule has 2 aromatic rings. The maximum Gasteiger partial charge on any atom is 0.310 e. The van der Waals surface area contributed by atoms with Crippen molar-refractivity contribution in [1.82, 2.24) is 0 Å². The monoisotopic (exact) mass is 382 g/mol. The summed E-state index contributed by atoms with van der Waals surface area (Å²) in [5.41, 5.74) is 2.22. The van der Waals surface area contributed by atoms with Gasteiger partial charge in [-0.3, -0.25) is 4.79 Å². The van der Waals surface area contributed by atoms with Crippen molar-refractivity contribution in [3.63, 3.8) is 0 Å². The summed E-state index contributed by atoms with van der Waals surface area (Å²) < 4.78 is 18.1. The summed E-state index contributed by atoms with van der Waals surface area (Å²) >= 11 is 0. The van der Waals surface area contributed by atoms with E-state index in [2.05, 4.69) is 0 Å². The van der Waals surface area contributed by atoms with Crippen LogP contribution in [0.2, 0.25) is 0 Å². The van der Waals surface area contributed by atoms with Gasteiger partial charge in [0.1, 0.15) is 5.60 Å². The number of aryl methyl sites for hydroxylation is 1. The van der Waals surface area contributed by atoms with Gasteiger partial charge in [0, 0.05) is 10.3 Å². The van der Waals surface area contributed by atoms with Gasteiger partial charge < -0.3 is 4.74 Å². The van der Waals surface area contributed by atoms with Gasteiger partial charge in [0.2, 0.25) is 0 Å². The van der Waals surface area contributed by atoms with Crippen molar-refractivity contribution in [3.8, 4) is 0 Å². The van der Waals surface area contributed by atoms with E-state index in [1.807, 2.05) is 94.4 Å². The second-order valence-corrected chi connectivity index (χ2v) is 8.61. The quantitative estimate of drug-likeness (QED) is 0.494. The highest BCUT2D eigenvalue weighted by atomic mass is 32.2. The zero-order chi connectivity index (χ0) is 19.9. The Labute approximate surface area is 164 Å². The zero-order valence-corrected chi connectivity index (χ0v) is 17.1. The van der Waals surface area contributed by atoms with Gasteiger partial charge in [-0.1, -0.05) is 60.2 Å². The summed E-state index contributed by atoms with van der Waals surface area (Å²) in [6, 6.07) is 17.3. The van der Waals surface area contributed by atoms with Gasteiger partial charge in [-0.25, -0.2) is 4.21 Å². The summed E-state index contributed by atoms with van der Waals surface area (Å²) in [6.45, 7) is 7.48. The molecule has 142 valence electrons. The molecule has 0 aliphatic heterocycles. The highest BCUT2D eigenvalue weighted by Crippen LogP contribution is 2.17. The Morgan fingerprint density at radius 1 is 1.04 bits per heavy atom. The molecule has 2 rings (SSSR count). The molecule has 3 nitrogen and oxygen atoms in total. The molecule has 1 atom stereocenters. The lowest BCUT2D eigenvalue weighted by Gasteiger charge is -2.19. The number of rotatable bonds is 6. The Hall–Kier alpha value is -2.46. The Kier molecular flexibility index (Phi) is 7.31. The molecule has 0 amide bonds. The first-order chi connectivity index (χ1) is 12.7. The minimum Gasteiger partial charge on any atom is -0.460 e. The maximum absolute atomic E-state index is 12.7. The molecule has 2 aromatic carbocycles. The number of ether oxygens (including phenoxy) is 1. The molecule has 0 radical (unpaired) electrons. The molecule has 0 aliphatic rings. The number of carbonyl (C=O) groups is 1. The molecule has 0 bridgehead atoms. The standard InChI is InChI=1S/C23H26O3S/c1-18-10-14-21(15-11-18)27(25)17-20(16-22(24)26-23(2,3)4)13-12-19-8-6-5-7-9-19/h5-15,17H,16H2,1-4H3/b13-12+,20-17-. The average molecular weight is 383 g/mol. The number of carbonyl (C=O) groups excluding carboxylic acids is 1. The van der Waals surface area contributed by atoms with Crippen LogP contribution in [0.15, 0.2) is 76.5 Å². The van der Waals surface area contributed by atoms with E-state index in [9.17, 15) is 9.00 Å². The van der Waals surface area contributed by atoms with Gasteiger partial charge >= 0.3 is 5.97 Å². The molecular formula is C23H26O3S. The molecule has 0 N–H and O–H groups in total. The first-order valence-electron chi connectivity index (χ1n) is 8.86. The largest absolute Gasteiger partial charge is 0.460 e. The third-order valence-electron chi connectivity index (χ3n) is 3.57. The van der Waals surface area contributed by atoms with Crippen molar-refractivity contribution in [2.24, 2.45) is 0 Å². The number of hydrogen-bond donors (Lipinski definition) is 0. The van der Waals surface area contributed by atoms with Crippen molar-refractivity contribution >= 4 is 22.8 Å². The predicted octanol–water partition coefficient (Wildman–Crippen LogP) is 5.43. The molecule has 0 fully saturated rings. The second-order valence-electron chi connectivity index (χ2n) is 7.31. The normalized spacial score (nSPS) is 13.6. The lowest BCUT2D eigenvalue weighted by atomic mass is 10.1. The summed E-state index contributed by atoms with van der Waals surface area (Å²) in [6.07, 6.45) is 3.80. The molecular weight excluding hydrogens is 356 g/mol. The van der Waals surface area contributed by atoms with Crippen LogP contribution in [-0.2, 0) is 20.3 Å². The van der Waals surface area contributed by atoms with Gasteiger partial charge in [-0.05, 0) is 51.0 Å². The summed E-state index contributed by atoms with van der Waals surface area (Å²) in [5, 5.41) is 1.62. The van der Waals surface area contributed by atoms with Gasteiger partial charge in [-0.2, -0.15) is 0 Å². The smallest absolute Gasteiger partial charge is 0.310 e. The van der Waals surface area contributed by atoms with Crippen molar-refractivity contribution in [3.05, 3.63) is 82.8 Å². The fourth-order valence-corrected chi connectivity index (χ4v) is 3.31. The second kappa shape index (κ2) is 9.47. The van der Waals surface area contributed by atoms with Crippen molar-refractivity contribution in [1.29, 1.82) is 0 Å². The average Bonchev–Trinajstić information content (AvgIpc) is 2.59. The van der Waals surface area contributed by atoms with E-state index in [1.165, 1.54) is 0 Å². The highest BCUT2D eigenvalue weighted by molar-refractivity contribution is 7.88. The summed E-state index contributed by atoms with van der Waals surface area (Å²) in [5.74, 6) is -0.340. The number of benzene rings is 2. The molecule has 0 spiro atoms. The fraction of sp³-hybridized carbons (Fsp3) is 0.261. The van der Waals surface area contributed by atoms with Crippen LogP contribution in [0.25, 0.3) is 6.08 Å². The molecule has 0 heterocycles. The van der Waals surface area contributed by atoms with E-state index in [0.717, 1.165) is 11.1 Å². The van der Waals surface area contributed by atoms with Crippen LogP contribution in [0.4, 0.5) is 0 Å². The van der Waals surface area contributed by atoms with Crippen molar-refractivity contribution < 1.29 is 13.7 Å². The zero-order valence-electron chi connectivity index (χ0n) is 16.3. The van der Waals surface area contributed by atoms with E-state index < -0.39 is 16.4 Å². The Bertz CT molecular complexity index is 841. The van der Waals surface area contributed by atoms with Crippen molar-refractivity contribution in [2.75, 3.05) is 0 Å². The third-order valence-corrected chi connectivity index (χ3v) is 4.82. The van der Waals surface area contributed by atoms with E-state index >= 15 is 0 Å². The third kappa shape index (κ3) is 7.75. The van der Waals surface area contributed by atoms with E-state index in [0.29, 0.717) is 10.5 Å². The van der Waals surface area contributed by atoms with Crippen LogP contribution >= 0.6 is 0 Å². The van der Waals surface area contributed by atoms with E-state index in [1.54, 1.807) is 5.41 Å². The van der Waals surface area contributed by atoms with E-state index in [-0.39, 0.29) is 12.4 Å². The Morgan fingerprint density at radius 3 is 2.26 bits per heavy atom. The number of esters is 1. The summed E-state index contributed by atoms with van der Waals surface area (Å²) in [4.78, 5) is 13.0. The SMILES string of the molecule is Cc1ccc(S(=O)/C=C(/C=C/c2ccccc2)CC(=O)OC(C)(C)C)cc1. The Morgan fingerprint density at radius 2 is 1.67 bits per heavy atom. The summed E-state index contributed by atoms with van der Waals surface area (Å²) in [7, 11) is -1.34. The van der Waals surface area contributed by atoms with E-state index in [4.69, 9.17) is 4.74 Å². The van der Waals surface area contributed by atoms with Crippen LogP contribution in [0.5, 0.6) is 0 Å². The number of allylic oxidation sites excluding steroid dienone is 1. The molecule has 0 saturated heterocycles. The maximum atomic E-state index is 12.7. The van der Waals surface area contributed by atoms with Gasteiger partial charge in [-0.15, -0.1) is 0 Å². The fourth-order valence-electron chi connectivity index (χ4n) is 2.33. The Balaban J connectivity index is 2.24. The van der Waals surface area contributed by atoms with Crippen LogP contribution in [-0.4, -0.2) is 15.8 Å². The molecule has 0 aromatic heterocycles. The molecule has 1 unspecified atom stereocenters.